The molecule has 1 amide bonds. The number of amides is 1. The number of anilines is 2. The minimum absolute atomic E-state index is 0.218. The number of likely N-dealkylation sites (N-methyl/N-ethyl adjacent to an activating group) is 1. The van der Waals surface area contributed by atoms with Crippen molar-refractivity contribution in [3.8, 4) is 0 Å². The summed E-state index contributed by atoms with van der Waals surface area (Å²) in [5, 5.41) is 2.68. The van der Waals surface area contributed by atoms with Gasteiger partial charge in [-0.25, -0.2) is 4.98 Å². The fraction of sp³-hybridized carbons (Fsp3) is 0.385. The molecule has 1 aliphatic heterocycles. The van der Waals surface area contributed by atoms with Crippen LogP contribution in [0.15, 0.2) is 31.0 Å². The van der Waals surface area contributed by atoms with Gasteiger partial charge in [-0.15, -0.1) is 0 Å². The Morgan fingerprint density at radius 1 is 1.39 bits per heavy atom. The topological polar surface area (TPSA) is 48.5 Å². The molecule has 0 bridgehead atoms. The first-order valence-electron chi connectivity index (χ1n) is 6.02. The van der Waals surface area contributed by atoms with E-state index < -0.39 is 0 Å². The summed E-state index contributed by atoms with van der Waals surface area (Å²) in [6, 6.07) is 3.80. The highest BCUT2D eigenvalue weighted by Crippen LogP contribution is 2.15. The van der Waals surface area contributed by atoms with E-state index in [1.54, 1.807) is 6.20 Å². The Morgan fingerprint density at radius 3 is 2.67 bits per heavy atom. The van der Waals surface area contributed by atoms with Crippen molar-refractivity contribution in [3.63, 3.8) is 0 Å². The van der Waals surface area contributed by atoms with Crippen molar-refractivity contribution in [2.75, 3.05) is 43.4 Å². The molecule has 1 aromatic heterocycles. The molecule has 2 rings (SSSR count). The molecule has 0 radical (unpaired) electrons. The molecule has 0 unspecified atom stereocenters. The van der Waals surface area contributed by atoms with Gasteiger partial charge in [0.15, 0.2) is 0 Å². The van der Waals surface area contributed by atoms with Crippen LogP contribution >= 0.6 is 0 Å². The van der Waals surface area contributed by atoms with Crippen LogP contribution in [-0.4, -0.2) is 49.0 Å². The number of piperazine rings is 1. The Bertz CT molecular complexity index is 421. The molecule has 0 saturated carbocycles. The molecule has 2 heterocycles. The molecule has 1 N–H and O–H groups in total. The Morgan fingerprint density at radius 2 is 2.11 bits per heavy atom. The first-order chi connectivity index (χ1) is 8.69. The van der Waals surface area contributed by atoms with Crippen molar-refractivity contribution in [1.29, 1.82) is 0 Å². The van der Waals surface area contributed by atoms with Gasteiger partial charge in [-0.3, -0.25) is 4.79 Å². The fourth-order valence-corrected chi connectivity index (χ4v) is 1.88. The second-order valence-corrected chi connectivity index (χ2v) is 4.39. The molecule has 5 nitrogen and oxygen atoms in total. The number of rotatable bonds is 3. The molecular weight excluding hydrogens is 228 g/mol. The van der Waals surface area contributed by atoms with Crippen LogP contribution in [-0.2, 0) is 4.79 Å². The zero-order chi connectivity index (χ0) is 13.0. The summed E-state index contributed by atoms with van der Waals surface area (Å²) in [6.45, 7) is 7.49. The third kappa shape index (κ3) is 3.07. The molecule has 5 heteroatoms. The number of aromatic nitrogens is 1. The van der Waals surface area contributed by atoms with Crippen LogP contribution in [0.2, 0.25) is 0 Å². The van der Waals surface area contributed by atoms with Crippen LogP contribution in [0.25, 0.3) is 0 Å². The molecule has 18 heavy (non-hydrogen) atoms. The fourth-order valence-electron chi connectivity index (χ4n) is 1.88. The number of nitrogens with one attached hydrogen (secondary N) is 1. The number of carbonyl (C=O) groups is 1. The second kappa shape index (κ2) is 5.64. The zero-order valence-electron chi connectivity index (χ0n) is 10.6. The van der Waals surface area contributed by atoms with E-state index in [1.807, 2.05) is 12.1 Å². The van der Waals surface area contributed by atoms with E-state index in [0.717, 1.165) is 32.0 Å². The number of hydrogen-bond acceptors (Lipinski definition) is 4. The van der Waals surface area contributed by atoms with Gasteiger partial charge >= 0.3 is 0 Å². The van der Waals surface area contributed by atoms with Crippen LogP contribution in [0, 0.1) is 0 Å². The molecule has 1 fully saturated rings. The van der Waals surface area contributed by atoms with E-state index in [-0.39, 0.29) is 5.91 Å². The summed E-state index contributed by atoms with van der Waals surface area (Å²) < 4.78 is 0. The number of carbonyl (C=O) groups excluding carboxylic acids is 1. The molecule has 0 aliphatic carbocycles. The van der Waals surface area contributed by atoms with E-state index >= 15 is 0 Å². The standard InChI is InChI=1S/C13H18N4O/c1-3-13(18)15-11-4-5-12(14-10-11)17-8-6-16(2)7-9-17/h3-5,10H,1,6-9H2,2H3,(H,15,18). The first-order valence-corrected chi connectivity index (χ1v) is 6.02. The largest absolute Gasteiger partial charge is 0.354 e. The zero-order valence-corrected chi connectivity index (χ0v) is 10.6. The van der Waals surface area contributed by atoms with Crippen LogP contribution in [0.5, 0.6) is 0 Å². The molecule has 0 atom stereocenters. The van der Waals surface area contributed by atoms with Gasteiger partial charge in [0.25, 0.3) is 0 Å². The smallest absolute Gasteiger partial charge is 0.247 e. The highest BCUT2D eigenvalue weighted by molar-refractivity contribution is 5.98. The van der Waals surface area contributed by atoms with E-state index in [2.05, 4.69) is 33.7 Å². The third-order valence-electron chi connectivity index (χ3n) is 3.03. The SMILES string of the molecule is C=CC(=O)Nc1ccc(N2CCN(C)CC2)nc1. The Labute approximate surface area is 107 Å². The molecule has 0 aromatic carbocycles. The van der Waals surface area contributed by atoms with Gasteiger partial charge in [0.1, 0.15) is 5.82 Å². The highest BCUT2D eigenvalue weighted by atomic mass is 16.1. The average Bonchev–Trinajstić information content (AvgIpc) is 2.40. The van der Waals surface area contributed by atoms with Crippen LogP contribution in [0.4, 0.5) is 11.5 Å². The normalized spacial score (nSPS) is 16.4. The quantitative estimate of drug-likeness (QED) is 0.807. The van der Waals surface area contributed by atoms with Gasteiger partial charge in [0.2, 0.25) is 5.91 Å². The predicted octanol–water partition coefficient (Wildman–Crippen LogP) is 0.958. The number of nitrogens with zero attached hydrogens (tertiary/aromatic N) is 3. The number of hydrogen-bond donors (Lipinski definition) is 1. The maximum absolute atomic E-state index is 11.1. The minimum atomic E-state index is -0.218. The lowest BCUT2D eigenvalue weighted by Crippen LogP contribution is -2.44. The Kier molecular flexibility index (Phi) is 3.94. The van der Waals surface area contributed by atoms with Crippen molar-refractivity contribution in [2.24, 2.45) is 0 Å². The maximum atomic E-state index is 11.1. The molecule has 1 aliphatic rings. The Balaban J connectivity index is 1.99. The second-order valence-electron chi connectivity index (χ2n) is 4.39. The summed E-state index contributed by atoms with van der Waals surface area (Å²) in [5.41, 5.74) is 0.692. The minimum Gasteiger partial charge on any atom is -0.354 e. The summed E-state index contributed by atoms with van der Waals surface area (Å²) >= 11 is 0. The predicted molar refractivity (Wildman–Crippen MR) is 72.8 cm³/mol. The Hall–Kier alpha value is -1.88. The lowest BCUT2D eigenvalue weighted by atomic mass is 10.3. The van der Waals surface area contributed by atoms with Crippen LogP contribution in [0.3, 0.4) is 0 Å². The van der Waals surface area contributed by atoms with Crippen molar-refractivity contribution in [1.82, 2.24) is 9.88 Å². The molecule has 96 valence electrons. The van der Waals surface area contributed by atoms with Gasteiger partial charge in [-0.2, -0.15) is 0 Å². The van der Waals surface area contributed by atoms with Crippen LogP contribution in [0.1, 0.15) is 0 Å². The van der Waals surface area contributed by atoms with Gasteiger partial charge in [-0.1, -0.05) is 6.58 Å². The molecule has 1 saturated heterocycles. The average molecular weight is 246 g/mol. The van der Waals surface area contributed by atoms with E-state index in [0.29, 0.717) is 5.69 Å². The maximum Gasteiger partial charge on any atom is 0.247 e. The molecular formula is C13H18N4O. The summed E-state index contributed by atoms with van der Waals surface area (Å²) in [4.78, 5) is 20.1. The first kappa shape index (κ1) is 12.6. The van der Waals surface area contributed by atoms with E-state index in [4.69, 9.17) is 0 Å². The lowest BCUT2D eigenvalue weighted by Gasteiger charge is -2.33. The number of pyridine rings is 1. The van der Waals surface area contributed by atoms with Crippen molar-refractivity contribution in [2.45, 2.75) is 0 Å². The van der Waals surface area contributed by atoms with Gasteiger partial charge in [0, 0.05) is 26.2 Å². The summed E-state index contributed by atoms with van der Waals surface area (Å²) in [6.07, 6.45) is 2.92. The van der Waals surface area contributed by atoms with Gasteiger partial charge in [0.05, 0.1) is 11.9 Å². The summed E-state index contributed by atoms with van der Waals surface area (Å²) in [7, 11) is 2.12. The lowest BCUT2D eigenvalue weighted by molar-refractivity contribution is -0.111. The van der Waals surface area contributed by atoms with Gasteiger partial charge in [-0.05, 0) is 25.3 Å². The third-order valence-corrected chi connectivity index (χ3v) is 3.03. The summed E-state index contributed by atoms with van der Waals surface area (Å²) in [5.74, 6) is 0.740. The van der Waals surface area contributed by atoms with Crippen molar-refractivity contribution in [3.05, 3.63) is 31.0 Å². The molecule has 1 aromatic rings. The van der Waals surface area contributed by atoms with Gasteiger partial charge < -0.3 is 15.1 Å². The van der Waals surface area contributed by atoms with Crippen molar-refractivity contribution >= 4 is 17.4 Å². The highest BCUT2D eigenvalue weighted by Gasteiger charge is 2.14. The van der Waals surface area contributed by atoms with Crippen molar-refractivity contribution < 1.29 is 4.79 Å². The molecule has 0 spiro atoms. The van der Waals surface area contributed by atoms with E-state index in [1.165, 1.54) is 6.08 Å². The van der Waals surface area contributed by atoms with Crippen LogP contribution < -0.4 is 10.2 Å². The monoisotopic (exact) mass is 246 g/mol. The van der Waals surface area contributed by atoms with E-state index in [9.17, 15) is 4.79 Å².